The number of piperazine rings is 1. The third-order valence-electron chi connectivity index (χ3n) is 5.09. The zero-order valence-electron chi connectivity index (χ0n) is 15.9. The first-order chi connectivity index (χ1) is 13.3. The van der Waals surface area contributed by atoms with Gasteiger partial charge in [-0.2, -0.15) is 0 Å². The number of nitro groups is 1. The SMILES string of the molecule is Cc1cccc(NC(=O)CN2CCN(c3ccc(F)cc3[N+](=O)[O-])CC2)c1C. The molecular formula is C20H23FN4O3. The molecular weight excluding hydrogens is 363 g/mol. The lowest BCUT2D eigenvalue weighted by atomic mass is 10.1. The maximum Gasteiger partial charge on any atom is 0.295 e. The minimum atomic E-state index is -0.628. The first kappa shape index (κ1) is 19.8. The number of hydrogen-bond acceptors (Lipinski definition) is 5. The van der Waals surface area contributed by atoms with Crippen LogP contribution in [0.1, 0.15) is 11.1 Å². The number of nitrogens with zero attached hydrogens (tertiary/aromatic N) is 3. The summed E-state index contributed by atoms with van der Waals surface area (Å²) in [5.41, 5.74) is 3.15. The molecule has 2 aromatic carbocycles. The molecule has 0 radical (unpaired) electrons. The van der Waals surface area contributed by atoms with Crippen LogP contribution in [-0.4, -0.2) is 48.5 Å². The smallest absolute Gasteiger partial charge is 0.295 e. The summed E-state index contributed by atoms with van der Waals surface area (Å²) >= 11 is 0. The lowest BCUT2D eigenvalue weighted by Gasteiger charge is -2.35. The van der Waals surface area contributed by atoms with Crippen LogP contribution in [0.2, 0.25) is 0 Å². The molecule has 8 heteroatoms. The molecule has 0 aliphatic carbocycles. The van der Waals surface area contributed by atoms with E-state index in [2.05, 4.69) is 5.32 Å². The molecule has 7 nitrogen and oxygen atoms in total. The van der Waals surface area contributed by atoms with Crippen LogP contribution in [0.5, 0.6) is 0 Å². The lowest BCUT2D eigenvalue weighted by Crippen LogP contribution is -2.48. The van der Waals surface area contributed by atoms with Gasteiger partial charge in [-0.25, -0.2) is 4.39 Å². The summed E-state index contributed by atoms with van der Waals surface area (Å²) in [4.78, 5) is 26.9. The highest BCUT2D eigenvalue weighted by Crippen LogP contribution is 2.29. The highest BCUT2D eigenvalue weighted by atomic mass is 19.1. The number of nitro benzene ring substituents is 1. The fourth-order valence-corrected chi connectivity index (χ4v) is 3.34. The molecule has 0 aromatic heterocycles. The average Bonchev–Trinajstić information content (AvgIpc) is 2.66. The van der Waals surface area contributed by atoms with Gasteiger partial charge >= 0.3 is 0 Å². The van der Waals surface area contributed by atoms with Crippen molar-refractivity contribution in [2.45, 2.75) is 13.8 Å². The van der Waals surface area contributed by atoms with E-state index in [9.17, 15) is 19.3 Å². The third kappa shape index (κ3) is 4.45. The number of hydrogen-bond donors (Lipinski definition) is 1. The molecule has 1 aliphatic rings. The summed E-state index contributed by atoms with van der Waals surface area (Å²) in [5.74, 6) is -0.716. The van der Waals surface area contributed by atoms with Gasteiger partial charge in [0.2, 0.25) is 5.91 Å². The van der Waals surface area contributed by atoms with Crippen molar-refractivity contribution < 1.29 is 14.1 Å². The Balaban J connectivity index is 1.58. The van der Waals surface area contributed by atoms with Gasteiger partial charge in [0, 0.05) is 31.9 Å². The van der Waals surface area contributed by atoms with Gasteiger partial charge in [-0.3, -0.25) is 19.8 Å². The normalized spacial score (nSPS) is 14.8. The fourth-order valence-electron chi connectivity index (χ4n) is 3.34. The van der Waals surface area contributed by atoms with Crippen molar-refractivity contribution in [3.63, 3.8) is 0 Å². The summed E-state index contributed by atoms with van der Waals surface area (Å²) in [7, 11) is 0. The Bertz CT molecular complexity index is 895. The van der Waals surface area contributed by atoms with Gasteiger partial charge in [-0.05, 0) is 43.2 Å². The molecule has 0 atom stereocenters. The zero-order valence-corrected chi connectivity index (χ0v) is 15.9. The zero-order chi connectivity index (χ0) is 20.3. The largest absolute Gasteiger partial charge is 0.363 e. The summed E-state index contributed by atoms with van der Waals surface area (Å²) in [6.45, 7) is 6.47. The van der Waals surface area contributed by atoms with Crippen molar-refractivity contribution in [3.05, 3.63) is 63.5 Å². The maximum absolute atomic E-state index is 13.3. The number of nitrogens with one attached hydrogen (secondary N) is 1. The number of carbonyl (C=O) groups is 1. The number of carbonyl (C=O) groups excluding carboxylic acids is 1. The number of rotatable bonds is 5. The second kappa shape index (κ2) is 8.35. The van der Waals surface area contributed by atoms with E-state index in [1.165, 1.54) is 12.1 Å². The molecule has 1 aliphatic heterocycles. The number of amides is 1. The molecule has 148 valence electrons. The minimum Gasteiger partial charge on any atom is -0.363 e. The molecule has 0 unspecified atom stereocenters. The van der Waals surface area contributed by atoms with Gasteiger partial charge in [-0.1, -0.05) is 12.1 Å². The van der Waals surface area contributed by atoms with Crippen molar-refractivity contribution in [2.24, 2.45) is 0 Å². The Labute approximate surface area is 162 Å². The Kier molecular flexibility index (Phi) is 5.89. The van der Waals surface area contributed by atoms with Crippen LogP contribution in [0.25, 0.3) is 0 Å². The Morgan fingerprint density at radius 3 is 2.57 bits per heavy atom. The van der Waals surface area contributed by atoms with E-state index in [0.717, 1.165) is 22.9 Å². The number of benzene rings is 2. The topological polar surface area (TPSA) is 78.7 Å². The van der Waals surface area contributed by atoms with Crippen LogP contribution in [-0.2, 0) is 4.79 Å². The second-order valence-electron chi connectivity index (χ2n) is 6.95. The van der Waals surface area contributed by atoms with Crippen molar-refractivity contribution in [2.75, 3.05) is 42.9 Å². The molecule has 1 N–H and O–H groups in total. The van der Waals surface area contributed by atoms with E-state index in [-0.39, 0.29) is 18.1 Å². The summed E-state index contributed by atoms with van der Waals surface area (Å²) in [5, 5.41) is 14.1. The minimum absolute atomic E-state index is 0.0880. The molecule has 2 aromatic rings. The van der Waals surface area contributed by atoms with E-state index < -0.39 is 10.7 Å². The molecule has 1 fully saturated rings. The molecule has 1 saturated heterocycles. The van der Waals surface area contributed by atoms with Crippen LogP contribution in [0.3, 0.4) is 0 Å². The van der Waals surface area contributed by atoms with Crippen molar-refractivity contribution in [1.29, 1.82) is 0 Å². The van der Waals surface area contributed by atoms with E-state index in [4.69, 9.17) is 0 Å². The van der Waals surface area contributed by atoms with Gasteiger partial charge in [0.15, 0.2) is 0 Å². The molecule has 1 heterocycles. The third-order valence-corrected chi connectivity index (χ3v) is 5.09. The van der Waals surface area contributed by atoms with Crippen LogP contribution in [0.15, 0.2) is 36.4 Å². The summed E-state index contributed by atoms with van der Waals surface area (Å²) < 4.78 is 13.3. The molecule has 0 saturated carbocycles. The van der Waals surface area contributed by atoms with Crippen LogP contribution < -0.4 is 10.2 Å². The van der Waals surface area contributed by atoms with Crippen LogP contribution >= 0.6 is 0 Å². The van der Waals surface area contributed by atoms with E-state index >= 15 is 0 Å². The van der Waals surface area contributed by atoms with Gasteiger partial charge < -0.3 is 10.2 Å². The number of anilines is 2. The molecule has 1 amide bonds. The van der Waals surface area contributed by atoms with Crippen molar-refractivity contribution in [1.82, 2.24) is 4.90 Å². The van der Waals surface area contributed by atoms with Gasteiger partial charge in [-0.15, -0.1) is 0 Å². The van der Waals surface area contributed by atoms with Crippen molar-refractivity contribution >= 4 is 23.0 Å². The van der Waals surface area contributed by atoms with Gasteiger partial charge in [0.1, 0.15) is 11.5 Å². The summed E-state index contributed by atoms with van der Waals surface area (Å²) in [6, 6.07) is 9.40. The van der Waals surface area contributed by atoms with Gasteiger partial charge in [0.05, 0.1) is 17.5 Å². The first-order valence-electron chi connectivity index (χ1n) is 9.12. The molecule has 0 bridgehead atoms. The Hall–Kier alpha value is -3.00. The molecule has 0 spiro atoms. The summed E-state index contributed by atoms with van der Waals surface area (Å²) in [6.07, 6.45) is 0. The number of halogens is 1. The highest BCUT2D eigenvalue weighted by Gasteiger charge is 2.25. The maximum atomic E-state index is 13.3. The first-order valence-corrected chi connectivity index (χ1v) is 9.12. The predicted molar refractivity (Wildman–Crippen MR) is 106 cm³/mol. The monoisotopic (exact) mass is 386 g/mol. The number of aryl methyl sites for hydroxylation is 1. The van der Waals surface area contributed by atoms with E-state index in [0.29, 0.717) is 31.9 Å². The second-order valence-corrected chi connectivity index (χ2v) is 6.95. The fraction of sp³-hybridized carbons (Fsp3) is 0.350. The standard InChI is InChI=1S/C20H23FN4O3/c1-14-4-3-5-17(15(14)2)22-20(26)13-23-8-10-24(11-9-23)18-7-6-16(21)12-19(18)25(27)28/h3-7,12H,8-11,13H2,1-2H3,(H,22,26). The molecule has 28 heavy (non-hydrogen) atoms. The van der Waals surface area contributed by atoms with E-state index in [1.807, 2.05) is 41.8 Å². The van der Waals surface area contributed by atoms with Crippen LogP contribution in [0, 0.1) is 29.8 Å². The highest BCUT2D eigenvalue weighted by molar-refractivity contribution is 5.93. The van der Waals surface area contributed by atoms with Gasteiger partial charge in [0.25, 0.3) is 5.69 Å². The Morgan fingerprint density at radius 1 is 1.18 bits per heavy atom. The Morgan fingerprint density at radius 2 is 1.89 bits per heavy atom. The average molecular weight is 386 g/mol. The van der Waals surface area contributed by atoms with E-state index in [1.54, 1.807) is 0 Å². The predicted octanol–water partition coefficient (Wildman–Crippen LogP) is 3.11. The quantitative estimate of drug-likeness (QED) is 0.631. The lowest BCUT2D eigenvalue weighted by molar-refractivity contribution is -0.384. The van der Waals surface area contributed by atoms with Crippen molar-refractivity contribution in [3.8, 4) is 0 Å². The van der Waals surface area contributed by atoms with Crippen LogP contribution in [0.4, 0.5) is 21.5 Å². The molecule has 3 rings (SSSR count).